The molecule has 34 heavy (non-hydrogen) atoms. The van der Waals surface area contributed by atoms with Crippen LogP contribution < -0.4 is 10.6 Å². The van der Waals surface area contributed by atoms with Gasteiger partial charge >= 0.3 is 0 Å². The first kappa shape index (κ1) is 20.1. The fourth-order valence-electron chi connectivity index (χ4n) is 4.49. The normalized spacial score (nSPS) is 23.3. The molecule has 0 radical (unpaired) electrons. The highest BCUT2D eigenvalue weighted by Crippen LogP contribution is 2.32. The predicted molar refractivity (Wildman–Crippen MR) is 122 cm³/mol. The third-order valence-electron chi connectivity index (χ3n) is 6.36. The van der Waals surface area contributed by atoms with Crippen LogP contribution in [0.2, 0.25) is 0 Å². The van der Waals surface area contributed by atoms with E-state index in [1.807, 2.05) is 6.07 Å². The summed E-state index contributed by atoms with van der Waals surface area (Å²) >= 11 is 0. The molecular weight excluding hydrogens is 439 g/mol. The molecule has 2 saturated heterocycles. The number of rotatable bonds is 6. The quantitative estimate of drug-likeness (QED) is 0.631. The Balaban J connectivity index is 1.33. The topological polar surface area (TPSA) is 91.0 Å². The standard InChI is InChI=1S/C25H27FN4O4/c26-20-12-16(14-29-8-10-34-11-9-29)4-5-17(20)13-27-21-3-1-2-18-19(21)15-30(25(18)33)22-6-7-23(31)28-24(22)32/h1-5,12,22,27H,6-11,13-15H2,(H,28,31,32)/t22-/m1/s1/i15D2. The fourth-order valence-corrected chi connectivity index (χ4v) is 4.49. The summed E-state index contributed by atoms with van der Waals surface area (Å²) in [5.74, 6) is -2.12. The average molecular weight is 469 g/mol. The second-order valence-electron chi connectivity index (χ2n) is 8.65. The van der Waals surface area contributed by atoms with Crippen molar-refractivity contribution >= 4 is 23.4 Å². The van der Waals surface area contributed by atoms with Gasteiger partial charge in [0, 0.05) is 61.5 Å². The Kier molecular flexibility index (Phi) is 5.63. The highest BCUT2D eigenvalue weighted by molar-refractivity contribution is 6.06. The number of benzene rings is 2. The Morgan fingerprint density at radius 1 is 1.18 bits per heavy atom. The zero-order valence-corrected chi connectivity index (χ0v) is 18.6. The number of nitrogens with one attached hydrogen (secondary N) is 2. The molecule has 2 aromatic rings. The van der Waals surface area contributed by atoms with Gasteiger partial charge in [-0.05, 0) is 30.2 Å². The van der Waals surface area contributed by atoms with E-state index in [1.165, 1.54) is 12.1 Å². The zero-order valence-electron chi connectivity index (χ0n) is 20.6. The van der Waals surface area contributed by atoms with Crippen LogP contribution in [0.3, 0.4) is 0 Å². The maximum Gasteiger partial charge on any atom is 0.255 e. The van der Waals surface area contributed by atoms with Gasteiger partial charge in [0.1, 0.15) is 11.9 Å². The maximum absolute atomic E-state index is 14.9. The van der Waals surface area contributed by atoms with Gasteiger partial charge in [0.2, 0.25) is 11.8 Å². The van der Waals surface area contributed by atoms with E-state index in [2.05, 4.69) is 15.5 Å². The third-order valence-corrected chi connectivity index (χ3v) is 6.36. The fraction of sp³-hybridized carbons (Fsp3) is 0.400. The molecule has 1 atom stereocenters. The molecule has 3 heterocycles. The minimum atomic E-state index is -2.29. The predicted octanol–water partition coefficient (Wildman–Crippen LogP) is 2.03. The lowest BCUT2D eigenvalue weighted by molar-refractivity contribution is -0.136. The summed E-state index contributed by atoms with van der Waals surface area (Å²) in [5.41, 5.74) is 1.85. The molecule has 5 rings (SSSR count). The van der Waals surface area contributed by atoms with Crippen molar-refractivity contribution in [3.8, 4) is 0 Å². The van der Waals surface area contributed by atoms with Gasteiger partial charge in [-0.1, -0.05) is 18.2 Å². The van der Waals surface area contributed by atoms with Gasteiger partial charge in [-0.3, -0.25) is 24.6 Å². The van der Waals surface area contributed by atoms with Crippen LogP contribution in [-0.4, -0.2) is 59.9 Å². The van der Waals surface area contributed by atoms with Crippen molar-refractivity contribution < 1.29 is 26.3 Å². The highest BCUT2D eigenvalue weighted by Gasteiger charge is 2.39. The van der Waals surface area contributed by atoms with E-state index in [4.69, 9.17) is 7.48 Å². The summed E-state index contributed by atoms with van der Waals surface area (Å²) in [6.07, 6.45) is 0.0766. The number of fused-ring (bicyclic) bond motifs is 1. The summed E-state index contributed by atoms with van der Waals surface area (Å²) in [7, 11) is 0. The van der Waals surface area contributed by atoms with Gasteiger partial charge in [0.15, 0.2) is 0 Å². The molecule has 2 fully saturated rings. The molecule has 2 N–H and O–H groups in total. The Hall–Kier alpha value is -3.30. The van der Waals surface area contributed by atoms with Gasteiger partial charge in [0.05, 0.1) is 16.0 Å². The van der Waals surface area contributed by atoms with Gasteiger partial charge in [-0.25, -0.2) is 4.39 Å². The van der Waals surface area contributed by atoms with Crippen LogP contribution in [0.1, 0.15) is 42.6 Å². The first-order chi connectivity index (χ1) is 17.3. The number of hydrogen-bond donors (Lipinski definition) is 2. The number of anilines is 1. The summed E-state index contributed by atoms with van der Waals surface area (Å²) in [6.45, 7) is 1.38. The number of halogens is 1. The smallest absolute Gasteiger partial charge is 0.255 e. The van der Waals surface area contributed by atoms with Gasteiger partial charge in [0.25, 0.3) is 5.91 Å². The van der Waals surface area contributed by atoms with Gasteiger partial charge < -0.3 is 15.0 Å². The molecule has 2 aromatic carbocycles. The number of imide groups is 1. The summed E-state index contributed by atoms with van der Waals surface area (Å²) in [4.78, 5) is 40.2. The zero-order chi connectivity index (χ0) is 25.4. The minimum Gasteiger partial charge on any atom is -0.381 e. The highest BCUT2D eigenvalue weighted by atomic mass is 19.1. The Morgan fingerprint density at radius 2 is 2.00 bits per heavy atom. The first-order valence-corrected chi connectivity index (χ1v) is 11.4. The molecule has 0 saturated carbocycles. The van der Waals surface area contributed by atoms with Crippen molar-refractivity contribution in [2.75, 3.05) is 31.6 Å². The largest absolute Gasteiger partial charge is 0.381 e. The van der Waals surface area contributed by atoms with Crippen LogP contribution in [0.4, 0.5) is 10.1 Å². The van der Waals surface area contributed by atoms with Crippen molar-refractivity contribution in [1.29, 1.82) is 0 Å². The number of hydrogen-bond acceptors (Lipinski definition) is 6. The molecule has 0 spiro atoms. The monoisotopic (exact) mass is 468 g/mol. The molecule has 0 bridgehead atoms. The summed E-state index contributed by atoms with van der Waals surface area (Å²) < 4.78 is 37.7. The molecule has 3 amide bonds. The van der Waals surface area contributed by atoms with Crippen molar-refractivity contribution in [1.82, 2.24) is 15.1 Å². The number of amides is 3. The Labute approximate surface area is 199 Å². The van der Waals surface area contributed by atoms with Gasteiger partial charge in [-0.2, -0.15) is 0 Å². The van der Waals surface area contributed by atoms with E-state index in [0.717, 1.165) is 23.6 Å². The third kappa shape index (κ3) is 4.53. The molecule has 178 valence electrons. The number of morpholine rings is 1. The van der Waals surface area contributed by atoms with Crippen molar-refractivity contribution in [3.63, 3.8) is 0 Å². The van der Waals surface area contributed by atoms with E-state index in [-0.39, 0.29) is 36.3 Å². The van der Waals surface area contributed by atoms with E-state index in [0.29, 0.717) is 31.0 Å². The molecule has 0 unspecified atom stereocenters. The Bertz CT molecular complexity index is 1220. The van der Waals surface area contributed by atoms with Gasteiger partial charge in [-0.15, -0.1) is 0 Å². The first-order valence-electron chi connectivity index (χ1n) is 12.4. The molecule has 8 nitrogen and oxygen atoms in total. The molecule has 9 heteroatoms. The lowest BCUT2D eigenvalue weighted by atomic mass is 10.0. The molecular formula is C25H27FN4O4. The van der Waals surface area contributed by atoms with E-state index in [1.54, 1.807) is 18.2 Å². The number of nitrogens with zero attached hydrogens (tertiary/aromatic N) is 2. The molecule has 0 aromatic heterocycles. The molecule has 3 aliphatic rings. The van der Waals surface area contributed by atoms with Crippen molar-refractivity contribution in [2.24, 2.45) is 0 Å². The SMILES string of the molecule is [2H]C1([2H])c2c(NCc3ccc(CN4CCOCC4)cc3F)cccc2C(=O)N1[C@@H]1CCC(=O)NC1=O. The number of piperidine rings is 1. The number of carbonyl (C=O) groups is 3. The number of carbonyl (C=O) groups excluding carboxylic acids is 3. The minimum absolute atomic E-state index is 0.0263. The van der Waals surface area contributed by atoms with E-state index < -0.39 is 30.3 Å². The lowest BCUT2D eigenvalue weighted by Crippen LogP contribution is -2.52. The van der Waals surface area contributed by atoms with Crippen molar-refractivity contribution in [2.45, 2.75) is 38.5 Å². The average Bonchev–Trinajstić information content (AvgIpc) is 3.05. The second kappa shape index (κ2) is 9.52. The van der Waals surface area contributed by atoms with E-state index >= 15 is 0 Å². The summed E-state index contributed by atoms with van der Waals surface area (Å²) in [5, 5.41) is 5.26. The summed E-state index contributed by atoms with van der Waals surface area (Å²) in [6, 6.07) is 8.74. The lowest BCUT2D eigenvalue weighted by Gasteiger charge is -2.29. The van der Waals surface area contributed by atoms with Crippen LogP contribution in [0.25, 0.3) is 0 Å². The second-order valence-corrected chi connectivity index (χ2v) is 8.65. The van der Waals surface area contributed by atoms with E-state index in [9.17, 15) is 18.8 Å². The van der Waals surface area contributed by atoms with Crippen LogP contribution in [0, 0.1) is 5.82 Å². The maximum atomic E-state index is 14.9. The molecule has 0 aliphatic carbocycles. The van der Waals surface area contributed by atoms with Crippen LogP contribution in [0.15, 0.2) is 36.4 Å². The van der Waals surface area contributed by atoms with Crippen molar-refractivity contribution in [3.05, 3.63) is 64.5 Å². The Morgan fingerprint density at radius 3 is 2.76 bits per heavy atom. The number of ether oxygens (including phenoxy) is 1. The molecule has 3 aliphatic heterocycles. The van der Waals surface area contributed by atoms with Crippen LogP contribution >= 0.6 is 0 Å². The van der Waals surface area contributed by atoms with Crippen LogP contribution in [-0.2, 0) is 33.9 Å². The van der Waals surface area contributed by atoms with Crippen LogP contribution in [0.5, 0.6) is 0 Å².